The highest BCUT2D eigenvalue weighted by Gasteiger charge is 2.21. The number of ether oxygens (including phenoxy) is 1. The zero-order valence-electron chi connectivity index (χ0n) is 14.8. The fraction of sp³-hybridized carbons (Fsp3) is 0.529. The molecule has 1 fully saturated rings. The number of benzene rings is 1. The number of anilines is 1. The maximum absolute atomic E-state index is 12.3. The third-order valence-electron chi connectivity index (χ3n) is 3.96. The first-order valence-corrected chi connectivity index (χ1v) is 11.1. The highest BCUT2D eigenvalue weighted by molar-refractivity contribution is 7.93. The standard InChI is InChI=1S/C17H23N3O4S2/c1-11(2)10-26(22,23)17-20-14-6-5-12(8-15(14)25-17)19-16(21)18-9-13-4-3-7-24-13/h5-6,8,11,13H,3-4,7,9-10H2,1-2H3,(H2,18,19,21)/t13-/m0/s1. The Morgan fingerprint density at radius 3 is 2.92 bits per heavy atom. The van der Waals surface area contributed by atoms with E-state index in [0.717, 1.165) is 35.5 Å². The molecule has 2 heterocycles. The van der Waals surface area contributed by atoms with Gasteiger partial charge < -0.3 is 15.4 Å². The van der Waals surface area contributed by atoms with E-state index in [4.69, 9.17) is 4.74 Å². The number of hydrogen-bond acceptors (Lipinski definition) is 6. The summed E-state index contributed by atoms with van der Waals surface area (Å²) in [7, 11) is -3.38. The summed E-state index contributed by atoms with van der Waals surface area (Å²) >= 11 is 1.13. The normalized spacial score (nSPS) is 17.7. The van der Waals surface area contributed by atoms with E-state index in [1.54, 1.807) is 18.2 Å². The molecule has 2 amide bonds. The van der Waals surface area contributed by atoms with Crippen molar-refractivity contribution in [3.8, 4) is 0 Å². The minimum Gasteiger partial charge on any atom is -0.376 e. The molecule has 26 heavy (non-hydrogen) atoms. The Labute approximate surface area is 157 Å². The van der Waals surface area contributed by atoms with Gasteiger partial charge in [0, 0.05) is 18.8 Å². The van der Waals surface area contributed by atoms with Crippen molar-refractivity contribution < 1.29 is 17.9 Å². The van der Waals surface area contributed by atoms with Gasteiger partial charge in [0.15, 0.2) is 0 Å². The van der Waals surface area contributed by atoms with Crippen LogP contribution >= 0.6 is 11.3 Å². The number of carbonyl (C=O) groups excluding carboxylic acids is 1. The molecule has 2 N–H and O–H groups in total. The average Bonchev–Trinajstić information content (AvgIpc) is 3.21. The van der Waals surface area contributed by atoms with Gasteiger partial charge in [0.1, 0.15) is 0 Å². The third kappa shape index (κ3) is 4.72. The number of hydrogen-bond donors (Lipinski definition) is 2. The van der Waals surface area contributed by atoms with E-state index in [1.807, 2.05) is 13.8 Å². The number of sulfone groups is 1. The largest absolute Gasteiger partial charge is 0.376 e. The van der Waals surface area contributed by atoms with Crippen molar-refractivity contribution in [1.29, 1.82) is 0 Å². The second kappa shape index (κ2) is 7.89. The lowest BCUT2D eigenvalue weighted by Crippen LogP contribution is -2.34. The van der Waals surface area contributed by atoms with Gasteiger partial charge in [-0.2, -0.15) is 0 Å². The number of thiazole rings is 1. The summed E-state index contributed by atoms with van der Waals surface area (Å²) in [5.41, 5.74) is 1.21. The van der Waals surface area contributed by atoms with Crippen molar-refractivity contribution in [2.24, 2.45) is 5.92 Å². The summed E-state index contributed by atoms with van der Waals surface area (Å²) in [6.07, 6.45) is 2.07. The Morgan fingerprint density at radius 1 is 1.42 bits per heavy atom. The first-order chi connectivity index (χ1) is 12.3. The van der Waals surface area contributed by atoms with E-state index < -0.39 is 9.84 Å². The van der Waals surface area contributed by atoms with Crippen LogP contribution in [0.4, 0.5) is 10.5 Å². The number of nitrogens with one attached hydrogen (secondary N) is 2. The summed E-state index contributed by atoms with van der Waals surface area (Å²) in [5.74, 6) is 0.112. The monoisotopic (exact) mass is 397 g/mol. The lowest BCUT2D eigenvalue weighted by molar-refractivity contribution is 0.112. The number of fused-ring (bicyclic) bond motifs is 1. The summed E-state index contributed by atoms with van der Waals surface area (Å²) < 4.78 is 31.0. The fourth-order valence-corrected chi connectivity index (χ4v) is 5.79. The SMILES string of the molecule is CC(C)CS(=O)(=O)c1nc2ccc(NC(=O)NC[C@@H]3CCCO3)cc2s1. The van der Waals surface area contributed by atoms with Crippen LogP contribution in [-0.2, 0) is 14.6 Å². The lowest BCUT2D eigenvalue weighted by atomic mass is 10.2. The quantitative estimate of drug-likeness (QED) is 0.781. The van der Waals surface area contributed by atoms with Gasteiger partial charge in [0.2, 0.25) is 14.2 Å². The molecule has 1 aromatic carbocycles. The molecular formula is C17H23N3O4S2. The molecule has 0 spiro atoms. The topological polar surface area (TPSA) is 97.4 Å². The van der Waals surface area contributed by atoms with Gasteiger partial charge in [0.25, 0.3) is 0 Å². The first-order valence-electron chi connectivity index (χ1n) is 8.63. The van der Waals surface area contributed by atoms with Crippen molar-refractivity contribution in [3.63, 3.8) is 0 Å². The van der Waals surface area contributed by atoms with Crippen molar-refractivity contribution in [3.05, 3.63) is 18.2 Å². The maximum atomic E-state index is 12.3. The molecule has 1 atom stereocenters. The van der Waals surface area contributed by atoms with Crippen molar-refractivity contribution in [2.45, 2.75) is 37.1 Å². The molecule has 1 aliphatic rings. The zero-order valence-corrected chi connectivity index (χ0v) is 16.5. The first kappa shape index (κ1) is 19.1. The molecule has 3 rings (SSSR count). The number of rotatable bonds is 6. The summed E-state index contributed by atoms with van der Waals surface area (Å²) in [5, 5.41) is 5.55. The molecular weight excluding hydrogens is 374 g/mol. The second-order valence-electron chi connectivity index (χ2n) is 6.81. The van der Waals surface area contributed by atoms with Crippen LogP contribution in [0.5, 0.6) is 0 Å². The molecule has 0 bridgehead atoms. The second-order valence-corrected chi connectivity index (χ2v) is 10.0. The molecule has 1 aliphatic heterocycles. The van der Waals surface area contributed by atoms with Gasteiger partial charge in [-0.1, -0.05) is 13.8 Å². The Bertz CT molecular complexity index is 887. The van der Waals surface area contributed by atoms with Crippen LogP contribution in [0.1, 0.15) is 26.7 Å². The summed E-state index contributed by atoms with van der Waals surface area (Å²) in [4.78, 5) is 16.2. The van der Waals surface area contributed by atoms with E-state index >= 15 is 0 Å². The van der Waals surface area contributed by atoms with Gasteiger partial charge in [-0.25, -0.2) is 18.2 Å². The van der Waals surface area contributed by atoms with Crippen molar-refractivity contribution in [1.82, 2.24) is 10.3 Å². The van der Waals surface area contributed by atoms with Crippen LogP contribution in [0.15, 0.2) is 22.5 Å². The highest BCUT2D eigenvalue weighted by Crippen LogP contribution is 2.29. The number of urea groups is 1. The number of carbonyl (C=O) groups is 1. The van der Waals surface area contributed by atoms with Gasteiger partial charge in [-0.15, -0.1) is 11.3 Å². The lowest BCUT2D eigenvalue weighted by Gasteiger charge is -2.11. The Hall–Kier alpha value is -1.71. The predicted molar refractivity (Wildman–Crippen MR) is 103 cm³/mol. The Balaban J connectivity index is 1.67. The Morgan fingerprint density at radius 2 is 2.23 bits per heavy atom. The van der Waals surface area contributed by atoms with Crippen molar-refractivity contribution >= 4 is 43.1 Å². The highest BCUT2D eigenvalue weighted by atomic mass is 32.2. The molecule has 7 nitrogen and oxygen atoms in total. The number of amides is 2. The smallest absolute Gasteiger partial charge is 0.319 e. The van der Waals surface area contributed by atoms with Crippen LogP contribution in [0, 0.1) is 5.92 Å². The van der Waals surface area contributed by atoms with E-state index in [0.29, 0.717) is 17.7 Å². The molecule has 0 unspecified atom stereocenters. The van der Waals surface area contributed by atoms with E-state index in [1.165, 1.54) is 0 Å². The molecule has 142 valence electrons. The van der Waals surface area contributed by atoms with Crippen LogP contribution in [-0.4, -0.2) is 44.4 Å². The van der Waals surface area contributed by atoms with Crippen LogP contribution in [0.3, 0.4) is 0 Å². The van der Waals surface area contributed by atoms with E-state index in [9.17, 15) is 13.2 Å². The molecule has 0 aliphatic carbocycles. The van der Waals surface area contributed by atoms with Gasteiger partial charge in [-0.3, -0.25) is 0 Å². The molecule has 0 saturated carbocycles. The minimum atomic E-state index is -3.38. The van der Waals surface area contributed by atoms with Gasteiger partial charge >= 0.3 is 6.03 Å². The minimum absolute atomic E-state index is 0.0387. The average molecular weight is 398 g/mol. The maximum Gasteiger partial charge on any atom is 0.319 e. The van der Waals surface area contributed by atoms with Gasteiger partial charge in [0.05, 0.1) is 22.1 Å². The molecule has 9 heteroatoms. The fourth-order valence-electron chi connectivity index (χ4n) is 2.81. The van der Waals surface area contributed by atoms with Crippen LogP contribution in [0.25, 0.3) is 10.2 Å². The molecule has 0 radical (unpaired) electrons. The molecule has 1 aromatic heterocycles. The van der Waals surface area contributed by atoms with Crippen LogP contribution < -0.4 is 10.6 Å². The van der Waals surface area contributed by atoms with E-state index in [2.05, 4.69) is 15.6 Å². The number of aromatic nitrogens is 1. The zero-order chi connectivity index (χ0) is 18.7. The van der Waals surface area contributed by atoms with Crippen LogP contribution in [0.2, 0.25) is 0 Å². The third-order valence-corrected chi connectivity index (χ3v) is 7.51. The number of nitrogens with zero attached hydrogens (tertiary/aromatic N) is 1. The molecule has 2 aromatic rings. The summed E-state index contributed by atoms with van der Waals surface area (Å²) in [6.45, 7) is 4.95. The van der Waals surface area contributed by atoms with E-state index in [-0.39, 0.29) is 28.1 Å². The van der Waals surface area contributed by atoms with Crippen molar-refractivity contribution in [2.75, 3.05) is 24.2 Å². The Kier molecular flexibility index (Phi) is 5.79. The predicted octanol–water partition coefficient (Wildman–Crippen LogP) is 3.03. The van der Waals surface area contributed by atoms with Gasteiger partial charge in [-0.05, 0) is 37.0 Å². The summed E-state index contributed by atoms with van der Waals surface area (Å²) in [6, 6.07) is 4.87. The molecule has 1 saturated heterocycles.